The highest BCUT2D eigenvalue weighted by Crippen LogP contribution is 2.22. The minimum Gasteiger partial charge on any atom is -0.403 e. The normalized spacial score (nSPS) is 11.7. The molecule has 0 aliphatic rings. The lowest BCUT2D eigenvalue weighted by molar-refractivity contribution is -0.112. The molecule has 134 valence electrons. The molecule has 2 heterocycles. The Balaban J connectivity index is 1.69. The van der Waals surface area contributed by atoms with Crippen LogP contribution in [0.2, 0.25) is 0 Å². The van der Waals surface area contributed by atoms with Gasteiger partial charge < -0.3 is 4.42 Å². The standard InChI is InChI=1S/C17H15N3O4S2/c1-2-26(22,23)14-8-5-12(6-9-14)16-19-20-17(24-16)18-15(21)10-7-13-4-3-11-25-13/h3-11H,2H2,1H3,(H,18,20,21)/b10-7+. The lowest BCUT2D eigenvalue weighted by atomic mass is 10.2. The summed E-state index contributed by atoms with van der Waals surface area (Å²) >= 11 is 1.52. The maximum atomic E-state index is 11.9. The Hall–Kier alpha value is -2.78. The molecule has 0 radical (unpaired) electrons. The van der Waals surface area contributed by atoms with Gasteiger partial charge in [-0.2, -0.15) is 0 Å². The molecule has 0 spiro atoms. The quantitative estimate of drug-likeness (QED) is 0.649. The van der Waals surface area contributed by atoms with E-state index >= 15 is 0 Å². The van der Waals surface area contributed by atoms with E-state index in [1.54, 1.807) is 25.1 Å². The van der Waals surface area contributed by atoms with Crippen molar-refractivity contribution < 1.29 is 17.6 Å². The van der Waals surface area contributed by atoms with Crippen LogP contribution in [0.1, 0.15) is 11.8 Å². The highest BCUT2D eigenvalue weighted by molar-refractivity contribution is 7.91. The average Bonchev–Trinajstić information content (AvgIpc) is 3.32. The van der Waals surface area contributed by atoms with Crippen molar-refractivity contribution >= 4 is 39.2 Å². The summed E-state index contributed by atoms with van der Waals surface area (Å²) < 4.78 is 29.0. The zero-order chi connectivity index (χ0) is 18.6. The number of anilines is 1. The smallest absolute Gasteiger partial charge is 0.322 e. The van der Waals surface area contributed by atoms with Crippen molar-refractivity contribution in [1.29, 1.82) is 0 Å². The zero-order valence-electron chi connectivity index (χ0n) is 13.7. The molecule has 2 aromatic heterocycles. The van der Waals surface area contributed by atoms with Gasteiger partial charge >= 0.3 is 6.01 Å². The lowest BCUT2D eigenvalue weighted by Gasteiger charge is -2.01. The fraction of sp³-hybridized carbons (Fsp3) is 0.118. The van der Waals surface area contributed by atoms with Gasteiger partial charge in [-0.3, -0.25) is 10.1 Å². The van der Waals surface area contributed by atoms with Gasteiger partial charge in [0.25, 0.3) is 5.91 Å². The van der Waals surface area contributed by atoms with Crippen molar-refractivity contribution in [3.8, 4) is 11.5 Å². The van der Waals surface area contributed by atoms with Gasteiger partial charge in [0.15, 0.2) is 9.84 Å². The van der Waals surface area contributed by atoms with Crippen LogP contribution in [-0.4, -0.2) is 30.3 Å². The maximum Gasteiger partial charge on any atom is 0.322 e. The molecule has 0 saturated carbocycles. The highest BCUT2D eigenvalue weighted by atomic mass is 32.2. The monoisotopic (exact) mass is 389 g/mol. The van der Waals surface area contributed by atoms with Crippen molar-refractivity contribution in [3.63, 3.8) is 0 Å². The van der Waals surface area contributed by atoms with Gasteiger partial charge in [0.1, 0.15) is 0 Å². The molecule has 7 nitrogen and oxygen atoms in total. The molecular formula is C17H15N3O4S2. The molecule has 9 heteroatoms. The number of rotatable bonds is 6. The van der Waals surface area contributed by atoms with Crippen LogP contribution in [0, 0.1) is 0 Å². The minimum absolute atomic E-state index is 0.0298. The van der Waals surface area contributed by atoms with Crippen molar-refractivity contribution in [2.75, 3.05) is 11.1 Å². The Bertz CT molecular complexity index is 1020. The Kier molecular flexibility index (Phi) is 5.29. The van der Waals surface area contributed by atoms with Crippen LogP contribution in [0.15, 0.2) is 57.2 Å². The van der Waals surface area contributed by atoms with E-state index in [9.17, 15) is 13.2 Å². The number of thiophene rings is 1. The number of carbonyl (C=O) groups excluding carboxylic acids is 1. The number of amides is 1. The van der Waals surface area contributed by atoms with Crippen LogP contribution >= 0.6 is 11.3 Å². The molecule has 0 unspecified atom stereocenters. The molecule has 0 bridgehead atoms. The second-order valence-electron chi connectivity index (χ2n) is 5.18. The average molecular weight is 389 g/mol. The molecule has 1 amide bonds. The SMILES string of the molecule is CCS(=O)(=O)c1ccc(-c2nnc(NC(=O)/C=C/c3cccs3)o2)cc1. The van der Waals surface area contributed by atoms with E-state index in [1.165, 1.54) is 29.5 Å². The van der Waals surface area contributed by atoms with Gasteiger partial charge in [-0.15, -0.1) is 16.4 Å². The van der Waals surface area contributed by atoms with Gasteiger partial charge in [-0.25, -0.2) is 8.42 Å². The van der Waals surface area contributed by atoms with Crippen LogP contribution in [0.25, 0.3) is 17.5 Å². The van der Waals surface area contributed by atoms with Gasteiger partial charge in [0.2, 0.25) is 5.89 Å². The number of hydrogen-bond donors (Lipinski definition) is 1. The van der Waals surface area contributed by atoms with Crippen LogP contribution < -0.4 is 5.32 Å². The van der Waals surface area contributed by atoms with E-state index in [2.05, 4.69) is 15.5 Å². The van der Waals surface area contributed by atoms with Gasteiger partial charge in [0, 0.05) is 16.5 Å². The van der Waals surface area contributed by atoms with Gasteiger partial charge in [0.05, 0.1) is 10.6 Å². The first-order chi connectivity index (χ1) is 12.5. The highest BCUT2D eigenvalue weighted by Gasteiger charge is 2.14. The molecule has 0 aliphatic carbocycles. The molecule has 0 atom stereocenters. The zero-order valence-corrected chi connectivity index (χ0v) is 15.4. The van der Waals surface area contributed by atoms with Crippen molar-refractivity contribution in [2.45, 2.75) is 11.8 Å². The predicted molar refractivity (Wildman–Crippen MR) is 99.4 cm³/mol. The molecular weight excluding hydrogens is 374 g/mol. The van der Waals surface area contributed by atoms with Crippen LogP contribution in [0.5, 0.6) is 0 Å². The van der Waals surface area contributed by atoms with Gasteiger partial charge in [-0.1, -0.05) is 18.1 Å². The second-order valence-corrected chi connectivity index (χ2v) is 8.44. The summed E-state index contributed by atoms with van der Waals surface area (Å²) in [6, 6.07) is 9.88. The first-order valence-corrected chi connectivity index (χ1v) is 10.2. The summed E-state index contributed by atoms with van der Waals surface area (Å²) in [7, 11) is -3.26. The number of sulfone groups is 1. The third-order valence-electron chi connectivity index (χ3n) is 3.44. The molecule has 1 aromatic carbocycles. The summed E-state index contributed by atoms with van der Waals surface area (Å²) in [5.41, 5.74) is 0.558. The number of hydrogen-bond acceptors (Lipinski definition) is 7. The summed E-state index contributed by atoms with van der Waals surface area (Å²) in [4.78, 5) is 13.0. The van der Waals surface area contributed by atoms with E-state index in [0.29, 0.717) is 5.56 Å². The molecule has 0 aliphatic heterocycles. The van der Waals surface area contributed by atoms with E-state index in [0.717, 1.165) is 4.88 Å². The molecule has 0 saturated heterocycles. The van der Waals surface area contributed by atoms with Crippen LogP contribution in [-0.2, 0) is 14.6 Å². The molecule has 3 rings (SSSR count). The molecule has 1 N–H and O–H groups in total. The number of benzene rings is 1. The Morgan fingerprint density at radius 2 is 2.00 bits per heavy atom. The summed E-state index contributed by atoms with van der Waals surface area (Å²) in [5, 5.41) is 12.0. The van der Waals surface area contributed by atoms with Crippen LogP contribution in [0.4, 0.5) is 6.01 Å². The van der Waals surface area contributed by atoms with Crippen molar-refractivity contribution in [3.05, 3.63) is 52.7 Å². The van der Waals surface area contributed by atoms with Crippen molar-refractivity contribution in [2.24, 2.45) is 0 Å². The Morgan fingerprint density at radius 1 is 1.23 bits per heavy atom. The molecule has 26 heavy (non-hydrogen) atoms. The third-order valence-corrected chi connectivity index (χ3v) is 6.03. The van der Waals surface area contributed by atoms with Crippen molar-refractivity contribution in [1.82, 2.24) is 10.2 Å². The molecule has 3 aromatic rings. The lowest BCUT2D eigenvalue weighted by Crippen LogP contribution is -2.07. The summed E-state index contributed by atoms with van der Waals surface area (Å²) in [6.45, 7) is 1.59. The molecule has 0 fully saturated rings. The van der Waals surface area contributed by atoms with E-state index in [-0.39, 0.29) is 22.6 Å². The van der Waals surface area contributed by atoms with E-state index < -0.39 is 15.7 Å². The fourth-order valence-electron chi connectivity index (χ4n) is 2.05. The Labute approximate surface area is 154 Å². The number of carbonyl (C=O) groups is 1. The summed E-state index contributed by atoms with van der Waals surface area (Å²) in [6.07, 6.45) is 3.06. The number of nitrogens with one attached hydrogen (secondary N) is 1. The third kappa shape index (κ3) is 4.24. The largest absolute Gasteiger partial charge is 0.403 e. The second kappa shape index (κ2) is 7.63. The fourth-order valence-corrected chi connectivity index (χ4v) is 3.55. The predicted octanol–water partition coefficient (Wildman–Crippen LogP) is 3.24. The first-order valence-electron chi connectivity index (χ1n) is 7.67. The van der Waals surface area contributed by atoms with Gasteiger partial charge in [-0.05, 0) is 41.8 Å². The van der Waals surface area contributed by atoms with Crippen LogP contribution in [0.3, 0.4) is 0 Å². The van der Waals surface area contributed by atoms with E-state index in [1.807, 2.05) is 17.5 Å². The Morgan fingerprint density at radius 3 is 2.65 bits per heavy atom. The maximum absolute atomic E-state index is 11.9. The summed E-state index contributed by atoms with van der Waals surface area (Å²) in [5.74, 6) is -0.178. The number of aromatic nitrogens is 2. The van der Waals surface area contributed by atoms with E-state index in [4.69, 9.17) is 4.42 Å². The topological polar surface area (TPSA) is 102 Å². The number of nitrogens with zero attached hydrogens (tertiary/aromatic N) is 2. The first kappa shape index (κ1) is 18.0. The minimum atomic E-state index is -3.26.